The Morgan fingerprint density at radius 2 is 1.20 bits per heavy atom. The molecule has 3 aliphatic rings. The number of fused-ring (bicyclic) bond motifs is 6. The summed E-state index contributed by atoms with van der Waals surface area (Å²) in [6.45, 7) is 1.19. The van der Waals surface area contributed by atoms with Crippen LogP contribution in [-0.4, -0.2) is 85.3 Å². The van der Waals surface area contributed by atoms with Crippen molar-refractivity contribution < 1.29 is 33.5 Å². The number of hydroxylamine groups is 2. The van der Waals surface area contributed by atoms with Crippen molar-refractivity contribution in [2.75, 3.05) is 45.7 Å². The second-order valence-electron chi connectivity index (χ2n) is 17.1. The normalized spacial score (nSPS) is 14.2. The first-order valence-electron chi connectivity index (χ1n) is 22.8. The lowest BCUT2D eigenvalue weighted by Gasteiger charge is -2.33. The van der Waals surface area contributed by atoms with Gasteiger partial charge in [0.15, 0.2) is 6.10 Å². The van der Waals surface area contributed by atoms with Crippen LogP contribution in [-0.2, 0) is 19.1 Å². The van der Waals surface area contributed by atoms with Crippen LogP contribution in [0.3, 0.4) is 0 Å². The molecule has 0 atom stereocenters. The Hall–Kier alpha value is -6.46. The van der Waals surface area contributed by atoms with Crippen LogP contribution in [0.2, 0.25) is 0 Å². The fourth-order valence-electron chi connectivity index (χ4n) is 9.38. The molecular formula is C53H58N4O7. The number of likely N-dealkylation sites (N-methyl/N-ethyl adjacent to an activating group) is 1. The van der Waals surface area contributed by atoms with Crippen LogP contribution in [0.4, 0.5) is 15.3 Å². The van der Waals surface area contributed by atoms with Crippen molar-refractivity contribution in [2.45, 2.75) is 82.3 Å². The third kappa shape index (κ3) is 10.2. The van der Waals surface area contributed by atoms with Crippen LogP contribution in [0.15, 0.2) is 121 Å². The van der Waals surface area contributed by atoms with Gasteiger partial charge in [0.1, 0.15) is 6.61 Å². The fraction of sp³-hybridized carbons (Fsp3) is 0.358. The largest absolute Gasteiger partial charge is 0.448 e. The van der Waals surface area contributed by atoms with Crippen LogP contribution in [0.1, 0.15) is 109 Å². The highest BCUT2D eigenvalue weighted by atomic mass is 16.7. The summed E-state index contributed by atoms with van der Waals surface area (Å²) in [7, 11) is 3.47. The van der Waals surface area contributed by atoms with Crippen molar-refractivity contribution in [3.8, 4) is 22.3 Å². The minimum atomic E-state index is -0.594. The molecule has 11 nitrogen and oxygen atoms in total. The van der Waals surface area contributed by atoms with E-state index in [2.05, 4.69) is 41.7 Å². The molecule has 0 radical (unpaired) electrons. The van der Waals surface area contributed by atoms with E-state index in [1.807, 2.05) is 60.7 Å². The maximum atomic E-state index is 13.6. The highest BCUT2D eigenvalue weighted by molar-refractivity contribution is 5.96. The Balaban J connectivity index is 0.758. The number of nitrogens with one attached hydrogen (secondary N) is 1. The van der Waals surface area contributed by atoms with E-state index in [0.717, 1.165) is 95.9 Å². The molecule has 1 saturated carbocycles. The number of hydrogen-bond donors (Lipinski definition) is 1. The van der Waals surface area contributed by atoms with E-state index in [-0.39, 0.29) is 49.6 Å². The predicted molar refractivity (Wildman–Crippen MR) is 248 cm³/mol. The summed E-state index contributed by atoms with van der Waals surface area (Å²) in [4.78, 5) is 62.6. The number of nitrogens with zero attached hydrogens (tertiary/aromatic N) is 3. The van der Waals surface area contributed by atoms with Crippen LogP contribution in [0.25, 0.3) is 22.3 Å². The minimum Gasteiger partial charge on any atom is -0.448 e. The van der Waals surface area contributed by atoms with Crippen LogP contribution >= 0.6 is 0 Å². The zero-order valence-electron chi connectivity index (χ0n) is 36.9. The van der Waals surface area contributed by atoms with E-state index in [1.54, 1.807) is 53.2 Å². The van der Waals surface area contributed by atoms with Crippen molar-refractivity contribution in [2.24, 2.45) is 0 Å². The summed E-state index contributed by atoms with van der Waals surface area (Å²) in [5.41, 5.74) is 9.66. The molecule has 3 aliphatic carbocycles. The number of hydrogen-bond acceptors (Lipinski definition) is 7. The van der Waals surface area contributed by atoms with Crippen LogP contribution in [0, 0.1) is 0 Å². The number of ether oxygens (including phenoxy) is 2. The topological polar surface area (TPSA) is 118 Å². The standard InChI is InChI=1S/C53H58N4O7/c1-55(51(59)37-19-18-20-38(35-37)54-52(60)62-36-48-44-27-11-9-23-40(44)41-24-10-12-28-45(41)48)33-34-63-57(39-21-6-5-7-22-39)49(58)31-8-3-4-17-32-56(2)53(61)64-50-46-29-15-13-25-42(46)43-26-14-16-30-47(43)50/h9-16,18-20,23-30,35,39,48,50H,3-8,17,21-22,31-34,36H2,1-2H3,(H,54,60). The van der Waals surface area contributed by atoms with Gasteiger partial charge in [-0.05, 0) is 77.3 Å². The van der Waals surface area contributed by atoms with Crippen molar-refractivity contribution >= 4 is 29.7 Å². The quantitative estimate of drug-likeness (QED) is 0.0730. The zero-order valence-corrected chi connectivity index (χ0v) is 36.9. The number of benzene rings is 5. The molecular weight excluding hydrogens is 805 g/mol. The van der Waals surface area contributed by atoms with Crippen molar-refractivity contribution in [1.82, 2.24) is 14.9 Å². The van der Waals surface area contributed by atoms with E-state index < -0.39 is 12.2 Å². The average Bonchev–Trinajstić information content (AvgIpc) is 3.82. The zero-order chi connectivity index (χ0) is 44.4. The fourth-order valence-corrected chi connectivity index (χ4v) is 9.38. The molecule has 5 aromatic rings. The average molecular weight is 863 g/mol. The van der Waals surface area contributed by atoms with Gasteiger partial charge in [0.05, 0.1) is 12.6 Å². The third-order valence-electron chi connectivity index (χ3n) is 12.8. The molecule has 4 amide bonds. The van der Waals surface area contributed by atoms with Gasteiger partial charge in [-0.15, -0.1) is 0 Å². The molecule has 0 heterocycles. The monoisotopic (exact) mass is 862 g/mol. The van der Waals surface area contributed by atoms with Gasteiger partial charge in [0.2, 0.25) is 5.91 Å². The second-order valence-corrected chi connectivity index (χ2v) is 17.1. The molecule has 1 fully saturated rings. The molecule has 5 aromatic carbocycles. The molecule has 64 heavy (non-hydrogen) atoms. The van der Waals surface area contributed by atoms with Gasteiger partial charge < -0.3 is 19.3 Å². The molecule has 0 bridgehead atoms. The minimum absolute atomic E-state index is 0.0152. The molecule has 0 aliphatic heterocycles. The lowest BCUT2D eigenvalue weighted by atomic mass is 9.95. The summed E-state index contributed by atoms with van der Waals surface area (Å²) >= 11 is 0. The first kappa shape index (κ1) is 44.2. The highest BCUT2D eigenvalue weighted by Crippen LogP contribution is 2.46. The number of carbonyl (C=O) groups excluding carboxylic acids is 4. The van der Waals surface area contributed by atoms with Gasteiger partial charge in [-0.1, -0.05) is 135 Å². The molecule has 8 rings (SSSR count). The van der Waals surface area contributed by atoms with Gasteiger partial charge in [0.25, 0.3) is 5.91 Å². The van der Waals surface area contributed by atoms with Crippen LogP contribution < -0.4 is 5.32 Å². The third-order valence-corrected chi connectivity index (χ3v) is 12.8. The van der Waals surface area contributed by atoms with Gasteiger partial charge in [-0.25, -0.2) is 14.7 Å². The number of unbranched alkanes of at least 4 members (excludes halogenated alkanes) is 3. The molecule has 0 unspecified atom stereocenters. The predicted octanol–water partition coefficient (Wildman–Crippen LogP) is 11.0. The number of carbonyl (C=O) groups is 4. The van der Waals surface area contributed by atoms with Gasteiger partial charge in [0, 0.05) is 61.9 Å². The summed E-state index contributed by atoms with van der Waals surface area (Å²) in [6, 6.07) is 39.3. The maximum Gasteiger partial charge on any atom is 0.411 e. The lowest BCUT2D eigenvalue weighted by Crippen LogP contribution is -2.43. The summed E-state index contributed by atoms with van der Waals surface area (Å²) in [5, 5.41) is 4.37. The lowest BCUT2D eigenvalue weighted by molar-refractivity contribution is -0.204. The molecule has 0 aromatic heterocycles. The van der Waals surface area contributed by atoms with Crippen LogP contribution in [0.5, 0.6) is 0 Å². The molecule has 0 spiro atoms. The Bertz CT molecular complexity index is 2360. The van der Waals surface area contributed by atoms with E-state index >= 15 is 0 Å². The molecule has 332 valence electrons. The summed E-state index contributed by atoms with van der Waals surface area (Å²) in [6.07, 6.45) is 7.27. The van der Waals surface area contributed by atoms with E-state index in [4.69, 9.17) is 14.3 Å². The van der Waals surface area contributed by atoms with E-state index in [1.165, 1.54) is 0 Å². The Morgan fingerprint density at radius 1 is 0.625 bits per heavy atom. The first-order chi connectivity index (χ1) is 31.3. The molecule has 11 heteroatoms. The first-order valence-corrected chi connectivity index (χ1v) is 22.8. The number of amides is 4. The summed E-state index contributed by atoms with van der Waals surface area (Å²) < 4.78 is 11.8. The highest BCUT2D eigenvalue weighted by Gasteiger charge is 2.33. The maximum absolute atomic E-state index is 13.6. The van der Waals surface area contributed by atoms with E-state index in [9.17, 15) is 19.2 Å². The molecule has 0 saturated heterocycles. The van der Waals surface area contributed by atoms with Gasteiger partial charge in [-0.3, -0.25) is 19.7 Å². The number of rotatable bonds is 17. The second kappa shape index (κ2) is 20.8. The van der Waals surface area contributed by atoms with Crippen molar-refractivity contribution in [3.05, 3.63) is 149 Å². The van der Waals surface area contributed by atoms with E-state index in [0.29, 0.717) is 30.6 Å². The Morgan fingerprint density at radius 3 is 1.84 bits per heavy atom. The van der Waals surface area contributed by atoms with Crippen molar-refractivity contribution in [1.29, 1.82) is 0 Å². The van der Waals surface area contributed by atoms with Crippen molar-refractivity contribution in [3.63, 3.8) is 0 Å². The van der Waals surface area contributed by atoms with Gasteiger partial charge in [-0.2, -0.15) is 0 Å². The molecule has 1 N–H and O–H groups in total. The smallest absolute Gasteiger partial charge is 0.411 e. The Labute approximate surface area is 376 Å². The number of anilines is 1. The van der Waals surface area contributed by atoms with Gasteiger partial charge >= 0.3 is 12.2 Å². The SMILES string of the molecule is CN(CCCCCCC(=O)N(OCCN(C)C(=O)c1cccc(NC(=O)OCC2c3ccccc3-c3ccccc32)c1)C1CCCCC1)C(=O)OC1c2ccccc2-c2ccccc21. The Kier molecular flexibility index (Phi) is 14.4. The summed E-state index contributed by atoms with van der Waals surface area (Å²) in [5.74, 6) is -0.329.